The average molecular weight is 319 g/mol. The van der Waals surface area contributed by atoms with Gasteiger partial charge in [0.25, 0.3) is 0 Å². The zero-order valence-corrected chi connectivity index (χ0v) is 13.7. The fraction of sp³-hybridized carbons (Fsp3) is 0.438. The number of nitrogens with one attached hydrogen (secondary N) is 2. The molecule has 0 spiro atoms. The third kappa shape index (κ3) is 2.88. The van der Waals surface area contributed by atoms with Crippen LogP contribution in [-0.2, 0) is 16.4 Å². The second-order valence-electron chi connectivity index (χ2n) is 5.75. The van der Waals surface area contributed by atoms with E-state index in [-0.39, 0.29) is 11.7 Å². The molecule has 0 radical (unpaired) electrons. The Morgan fingerprint density at radius 3 is 2.91 bits per heavy atom. The van der Waals surface area contributed by atoms with Gasteiger partial charge in [0.1, 0.15) is 5.82 Å². The van der Waals surface area contributed by atoms with E-state index in [1.54, 1.807) is 6.92 Å². The van der Waals surface area contributed by atoms with Crippen LogP contribution >= 0.6 is 0 Å². The number of aromatic nitrogens is 2. The number of H-pyrrole nitrogens is 1. The smallest absolute Gasteiger partial charge is 0.232 e. The summed E-state index contributed by atoms with van der Waals surface area (Å²) in [4.78, 5) is 7.61. The largest absolute Gasteiger partial charge is 0.346 e. The molecule has 0 saturated heterocycles. The van der Waals surface area contributed by atoms with E-state index in [4.69, 9.17) is 0 Å². The van der Waals surface area contributed by atoms with Crippen molar-refractivity contribution in [1.82, 2.24) is 9.97 Å². The van der Waals surface area contributed by atoms with Gasteiger partial charge in [-0.25, -0.2) is 13.4 Å². The van der Waals surface area contributed by atoms with E-state index in [0.29, 0.717) is 0 Å². The molecule has 0 saturated carbocycles. The van der Waals surface area contributed by atoms with E-state index in [0.717, 1.165) is 42.0 Å². The first kappa shape index (κ1) is 15.1. The number of aryl methyl sites for hydroxylation is 1. The molecule has 0 fully saturated rings. The third-order valence-electron chi connectivity index (χ3n) is 4.25. The Morgan fingerprint density at radius 2 is 2.23 bits per heavy atom. The highest BCUT2D eigenvalue weighted by Crippen LogP contribution is 2.39. The van der Waals surface area contributed by atoms with Gasteiger partial charge < -0.3 is 4.98 Å². The molecular weight excluding hydrogens is 298 g/mol. The number of aromatic amines is 1. The van der Waals surface area contributed by atoms with Crippen LogP contribution in [0.1, 0.15) is 48.3 Å². The van der Waals surface area contributed by atoms with Gasteiger partial charge in [0.15, 0.2) is 0 Å². The summed E-state index contributed by atoms with van der Waals surface area (Å²) in [6.45, 7) is 3.59. The summed E-state index contributed by atoms with van der Waals surface area (Å²) in [7, 11) is -3.25. The number of fused-ring (bicyclic) bond motifs is 1. The van der Waals surface area contributed by atoms with Gasteiger partial charge in [-0.1, -0.05) is 12.1 Å². The lowest BCUT2D eigenvalue weighted by atomic mass is 9.80. The summed E-state index contributed by atoms with van der Waals surface area (Å²) in [5, 5.41) is 0. The zero-order chi connectivity index (χ0) is 15.7. The second kappa shape index (κ2) is 5.76. The highest BCUT2D eigenvalue weighted by molar-refractivity contribution is 7.92. The Hall–Kier alpha value is -1.82. The Labute approximate surface area is 131 Å². The number of imidazole rings is 1. The van der Waals surface area contributed by atoms with E-state index >= 15 is 0 Å². The van der Waals surface area contributed by atoms with Crippen LogP contribution in [0.5, 0.6) is 0 Å². The molecule has 118 valence electrons. The van der Waals surface area contributed by atoms with Crippen molar-refractivity contribution in [1.29, 1.82) is 0 Å². The van der Waals surface area contributed by atoms with Crippen LogP contribution in [0.25, 0.3) is 0 Å². The molecule has 2 N–H and O–H groups in total. The van der Waals surface area contributed by atoms with E-state index in [2.05, 4.69) is 20.8 Å². The highest BCUT2D eigenvalue weighted by Gasteiger charge is 2.25. The lowest BCUT2D eigenvalue weighted by Gasteiger charge is -2.26. The molecule has 6 heteroatoms. The van der Waals surface area contributed by atoms with Crippen molar-refractivity contribution in [3.05, 3.63) is 47.0 Å². The molecule has 1 heterocycles. The van der Waals surface area contributed by atoms with E-state index < -0.39 is 10.0 Å². The molecule has 1 aromatic heterocycles. The minimum atomic E-state index is -3.25. The maximum atomic E-state index is 11.9. The Kier molecular flexibility index (Phi) is 3.95. The molecule has 0 aliphatic heterocycles. The number of hydrogen-bond donors (Lipinski definition) is 2. The maximum Gasteiger partial charge on any atom is 0.232 e. The number of hydrogen-bond acceptors (Lipinski definition) is 3. The van der Waals surface area contributed by atoms with Crippen molar-refractivity contribution >= 4 is 15.7 Å². The summed E-state index contributed by atoms with van der Waals surface area (Å²) in [6.07, 6.45) is 4.89. The van der Waals surface area contributed by atoms with Gasteiger partial charge in [-0.15, -0.1) is 0 Å². The molecule has 0 bridgehead atoms. The lowest BCUT2D eigenvalue weighted by Crippen LogP contribution is -2.19. The molecule has 3 rings (SSSR count). The highest BCUT2D eigenvalue weighted by atomic mass is 32.2. The van der Waals surface area contributed by atoms with Gasteiger partial charge in [-0.2, -0.15) is 0 Å². The van der Waals surface area contributed by atoms with Gasteiger partial charge in [0.05, 0.1) is 11.4 Å². The molecular formula is C16H21N3O2S. The minimum absolute atomic E-state index is 0.0832. The quantitative estimate of drug-likeness (QED) is 0.910. The van der Waals surface area contributed by atoms with Crippen molar-refractivity contribution in [2.24, 2.45) is 0 Å². The first-order valence-corrected chi connectivity index (χ1v) is 9.29. The average Bonchev–Trinajstić information content (AvgIpc) is 2.93. The van der Waals surface area contributed by atoms with Gasteiger partial charge in [0.2, 0.25) is 10.0 Å². The van der Waals surface area contributed by atoms with Gasteiger partial charge in [0, 0.05) is 17.8 Å². The minimum Gasteiger partial charge on any atom is -0.346 e. The van der Waals surface area contributed by atoms with Crippen LogP contribution in [0.15, 0.2) is 24.4 Å². The van der Waals surface area contributed by atoms with Crippen LogP contribution in [0, 0.1) is 6.92 Å². The van der Waals surface area contributed by atoms with Gasteiger partial charge in [-0.05, 0) is 50.3 Å². The Bertz CT molecular complexity index is 780. The molecule has 1 aliphatic carbocycles. The predicted octanol–water partition coefficient (Wildman–Crippen LogP) is 2.95. The van der Waals surface area contributed by atoms with Crippen molar-refractivity contribution in [3.8, 4) is 0 Å². The maximum absolute atomic E-state index is 11.9. The fourth-order valence-corrected chi connectivity index (χ4v) is 3.79. The van der Waals surface area contributed by atoms with E-state index in [9.17, 15) is 8.42 Å². The summed E-state index contributed by atoms with van der Waals surface area (Å²) in [5.74, 6) is 1.25. The third-order valence-corrected chi connectivity index (χ3v) is 5.54. The van der Waals surface area contributed by atoms with Crippen LogP contribution < -0.4 is 4.72 Å². The van der Waals surface area contributed by atoms with Crippen LogP contribution in [-0.4, -0.2) is 24.1 Å². The van der Waals surface area contributed by atoms with Crippen LogP contribution in [0.3, 0.4) is 0 Å². The van der Waals surface area contributed by atoms with E-state index in [1.165, 1.54) is 5.56 Å². The van der Waals surface area contributed by atoms with Gasteiger partial charge in [-0.3, -0.25) is 4.72 Å². The number of sulfonamides is 1. The normalized spacial score (nSPS) is 18.0. The van der Waals surface area contributed by atoms with Crippen LogP contribution in [0.2, 0.25) is 0 Å². The van der Waals surface area contributed by atoms with Crippen molar-refractivity contribution < 1.29 is 8.42 Å². The van der Waals surface area contributed by atoms with Crippen molar-refractivity contribution in [2.75, 3.05) is 10.5 Å². The summed E-state index contributed by atoms with van der Waals surface area (Å²) in [6, 6.07) is 5.87. The van der Waals surface area contributed by atoms with Crippen molar-refractivity contribution in [2.45, 2.75) is 39.0 Å². The lowest BCUT2D eigenvalue weighted by molar-refractivity contribution is 0.599. The molecule has 1 aliphatic rings. The number of rotatable bonds is 4. The summed E-state index contributed by atoms with van der Waals surface area (Å²) < 4.78 is 26.5. The van der Waals surface area contributed by atoms with E-state index in [1.807, 2.05) is 25.3 Å². The topological polar surface area (TPSA) is 74.8 Å². The first-order valence-electron chi connectivity index (χ1n) is 7.64. The Balaban J connectivity index is 2.02. The standard InChI is InChI=1S/C16H21N3O2S/c1-3-22(20,21)19-15-9-5-6-12-13(15)7-4-8-14(12)16-10-17-11(2)18-16/h5-6,9-10,14,19H,3-4,7-8H2,1-2H3,(H,17,18). The number of anilines is 1. The molecule has 1 atom stereocenters. The van der Waals surface area contributed by atoms with Crippen molar-refractivity contribution in [3.63, 3.8) is 0 Å². The molecule has 0 amide bonds. The first-order chi connectivity index (χ1) is 10.5. The number of nitrogens with zero attached hydrogens (tertiary/aromatic N) is 1. The molecule has 22 heavy (non-hydrogen) atoms. The SMILES string of the molecule is CCS(=O)(=O)Nc1cccc2c1CCCC2c1cnc(C)[nH]1. The molecule has 1 aromatic carbocycles. The fourth-order valence-electron chi connectivity index (χ4n) is 3.12. The predicted molar refractivity (Wildman–Crippen MR) is 87.6 cm³/mol. The molecule has 5 nitrogen and oxygen atoms in total. The monoisotopic (exact) mass is 319 g/mol. The van der Waals surface area contributed by atoms with Crippen LogP contribution in [0.4, 0.5) is 5.69 Å². The second-order valence-corrected chi connectivity index (χ2v) is 7.76. The van der Waals surface area contributed by atoms with Gasteiger partial charge >= 0.3 is 0 Å². The molecule has 2 aromatic rings. The summed E-state index contributed by atoms with van der Waals surface area (Å²) >= 11 is 0. The summed E-state index contributed by atoms with van der Waals surface area (Å²) in [5.41, 5.74) is 4.14. The molecule has 1 unspecified atom stereocenters. The zero-order valence-electron chi connectivity index (χ0n) is 12.9. The number of benzene rings is 1. The Morgan fingerprint density at radius 1 is 1.41 bits per heavy atom.